The van der Waals surface area contributed by atoms with Crippen molar-refractivity contribution in [2.24, 2.45) is 0 Å². The molecule has 0 radical (unpaired) electrons. The van der Waals surface area contributed by atoms with Crippen LogP contribution in [0, 0.1) is 0 Å². The summed E-state index contributed by atoms with van der Waals surface area (Å²) in [6, 6.07) is 12.4. The molecule has 3 atom stereocenters. The molecule has 2 aromatic rings. The number of hydrogen-bond acceptors (Lipinski definition) is 5. The van der Waals surface area contributed by atoms with Gasteiger partial charge in [0.15, 0.2) is 0 Å². The highest BCUT2D eigenvalue weighted by atomic mass is 16.2. The average Bonchev–Trinajstić information content (AvgIpc) is 2.88. The summed E-state index contributed by atoms with van der Waals surface area (Å²) < 4.78 is 0. The number of anilines is 1. The monoisotopic (exact) mass is 459 g/mol. The fourth-order valence-corrected chi connectivity index (χ4v) is 6.79. The zero-order chi connectivity index (χ0) is 23.1. The number of amides is 1. The number of benzene rings is 1. The van der Waals surface area contributed by atoms with Crippen LogP contribution < -0.4 is 10.2 Å². The lowest BCUT2D eigenvalue weighted by molar-refractivity contribution is -0.136. The third-order valence-corrected chi connectivity index (χ3v) is 8.56. The number of piperazine rings is 1. The maximum atomic E-state index is 12.3. The molecule has 1 amide bonds. The van der Waals surface area contributed by atoms with Crippen molar-refractivity contribution < 1.29 is 4.79 Å². The molecule has 1 aromatic heterocycles. The number of hydrogen-bond donors (Lipinski definition) is 1. The van der Waals surface area contributed by atoms with Crippen LogP contribution in [0.1, 0.15) is 60.5 Å². The molecule has 6 heteroatoms. The second-order valence-corrected chi connectivity index (χ2v) is 10.7. The van der Waals surface area contributed by atoms with E-state index < -0.39 is 0 Å². The van der Waals surface area contributed by atoms with Gasteiger partial charge in [0.1, 0.15) is 0 Å². The van der Waals surface area contributed by atoms with Crippen LogP contribution in [-0.2, 0) is 24.2 Å². The second-order valence-electron chi connectivity index (χ2n) is 10.7. The van der Waals surface area contributed by atoms with Crippen molar-refractivity contribution in [3.05, 3.63) is 58.9 Å². The largest absolute Gasteiger partial charge is 0.367 e. The lowest BCUT2D eigenvalue weighted by Gasteiger charge is -2.46. The van der Waals surface area contributed by atoms with Crippen LogP contribution >= 0.6 is 0 Å². The Morgan fingerprint density at radius 3 is 2.91 bits per heavy atom. The number of piperidine rings is 1. The minimum Gasteiger partial charge on any atom is -0.367 e. The van der Waals surface area contributed by atoms with Gasteiger partial charge in [-0.3, -0.25) is 14.7 Å². The van der Waals surface area contributed by atoms with Gasteiger partial charge in [-0.2, -0.15) is 0 Å². The second kappa shape index (κ2) is 9.31. The van der Waals surface area contributed by atoms with Crippen molar-refractivity contribution in [3.8, 4) is 0 Å². The first-order valence-corrected chi connectivity index (χ1v) is 13.2. The highest BCUT2D eigenvalue weighted by Gasteiger charge is 2.35. The Kier molecular flexibility index (Phi) is 6.04. The van der Waals surface area contributed by atoms with Gasteiger partial charge in [0.05, 0.1) is 11.7 Å². The molecular weight excluding hydrogens is 422 g/mol. The lowest BCUT2D eigenvalue weighted by Crippen LogP contribution is -2.57. The van der Waals surface area contributed by atoms with Gasteiger partial charge in [-0.1, -0.05) is 18.2 Å². The van der Waals surface area contributed by atoms with E-state index >= 15 is 0 Å². The predicted molar refractivity (Wildman–Crippen MR) is 135 cm³/mol. The van der Waals surface area contributed by atoms with E-state index in [4.69, 9.17) is 4.98 Å². The van der Waals surface area contributed by atoms with Crippen LogP contribution in [0.15, 0.2) is 36.5 Å². The molecule has 34 heavy (non-hydrogen) atoms. The Morgan fingerprint density at radius 1 is 1.09 bits per heavy atom. The highest BCUT2D eigenvalue weighted by Crippen LogP contribution is 2.34. The molecule has 3 aliphatic heterocycles. The van der Waals surface area contributed by atoms with Crippen LogP contribution in [-0.4, -0.2) is 66.0 Å². The van der Waals surface area contributed by atoms with Gasteiger partial charge in [0.2, 0.25) is 5.91 Å². The molecule has 6 nitrogen and oxygen atoms in total. The summed E-state index contributed by atoms with van der Waals surface area (Å²) in [4.78, 5) is 24.4. The Balaban J connectivity index is 1.17. The highest BCUT2D eigenvalue weighted by molar-refractivity contribution is 5.78. The molecule has 1 unspecified atom stereocenters. The summed E-state index contributed by atoms with van der Waals surface area (Å²) in [5.74, 6) is 0.358. The summed E-state index contributed by atoms with van der Waals surface area (Å²) in [5.41, 5.74) is 7.05. The third kappa shape index (κ3) is 4.11. The third-order valence-electron chi connectivity index (χ3n) is 8.56. The van der Waals surface area contributed by atoms with Crippen molar-refractivity contribution in [1.82, 2.24) is 20.1 Å². The van der Waals surface area contributed by atoms with Gasteiger partial charge in [0, 0.05) is 63.1 Å². The first-order valence-electron chi connectivity index (χ1n) is 13.2. The van der Waals surface area contributed by atoms with Crippen molar-refractivity contribution in [1.29, 1.82) is 0 Å². The number of aryl methyl sites for hydroxylation is 1. The maximum absolute atomic E-state index is 12.3. The summed E-state index contributed by atoms with van der Waals surface area (Å²) in [5, 5.41) is 3.82. The molecule has 0 saturated carbocycles. The Morgan fingerprint density at radius 2 is 1.97 bits per heavy atom. The molecule has 1 aliphatic carbocycles. The van der Waals surface area contributed by atoms with Crippen LogP contribution in [0.4, 0.5) is 5.69 Å². The molecule has 0 spiro atoms. The van der Waals surface area contributed by atoms with Crippen molar-refractivity contribution in [2.75, 3.05) is 38.1 Å². The van der Waals surface area contributed by atoms with Crippen LogP contribution in [0.2, 0.25) is 0 Å². The number of fused-ring (bicyclic) bond motifs is 3. The number of rotatable bonds is 4. The van der Waals surface area contributed by atoms with E-state index in [0.29, 0.717) is 24.0 Å². The lowest BCUT2D eigenvalue weighted by atomic mass is 9.89. The average molecular weight is 460 g/mol. The van der Waals surface area contributed by atoms with E-state index in [9.17, 15) is 4.79 Å². The SMILES string of the molecule is CN(C[C@H]1Cc2c(cccc2N2CCN3C(=O)CCC[C@@H]3C2)CN1)C1CCCc2cccnc21. The summed E-state index contributed by atoms with van der Waals surface area (Å²) in [6.45, 7) is 4.75. The zero-order valence-corrected chi connectivity index (χ0v) is 20.4. The normalized spacial score (nSPS) is 26.8. The number of carbonyl (C=O) groups excluding carboxylic acids is 1. The Labute approximate surface area is 203 Å². The van der Waals surface area contributed by atoms with E-state index in [1.54, 1.807) is 0 Å². The molecule has 4 heterocycles. The van der Waals surface area contributed by atoms with Crippen LogP contribution in [0.25, 0.3) is 0 Å². The number of pyridine rings is 1. The number of nitrogens with one attached hydrogen (secondary N) is 1. The zero-order valence-electron chi connectivity index (χ0n) is 20.4. The number of likely N-dealkylation sites (N-methyl/N-ethyl adjacent to an activating group) is 1. The van der Waals surface area contributed by atoms with Gasteiger partial charge in [-0.15, -0.1) is 0 Å². The predicted octanol–water partition coefficient (Wildman–Crippen LogP) is 3.31. The smallest absolute Gasteiger partial charge is 0.222 e. The molecule has 2 fully saturated rings. The van der Waals surface area contributed by atoms with Gasteiger partial charge in [-0.25, -0.2) is 0 Å². The molecule has 4 aliphatic rings. The van der Waals surface area contributed by atoms with Crippen molar-refractivity contribution in [3.63, 3.8) is 0 Å². The Bertz CT molecular complexity index is 1050. The van der Waals surface area contributed by atoms with Crippen molar-refractivity contribution >= 4 is 11.6 Å². The van der Waals surface area contributed by atoms with Gasteiger partial charge in [0.25, 0.3) is 0 Å². The van der Waals surface area contributed by atoms with E-state index in [1.807, 2.05) is 6.20 Å². The summed E-state index contributed by atoms with van der Waals surface area (Å²) in [7, 11) is 2.27. The molecule has 2 saturated heterocycles. The van der Waals surface area contributed by atoms with E-state index in [1.165, 1.54) is 40.9 Å². The number of aromatic nitrogens is 1. The molecule has 180 valence electrons. The number of nitrogens with zero attached hydrogens (tertiary/aromatic N) is 4. The van der Waals surface area contributed by atoms with Crippen LogP contribution in [0.5, 0.6) is 0 Å². The van der Waals surface area contributed by atoms with Crippen LogP contribution in [0.3, 0.4) is 0 Å². The minimum atomic E-state index is 0.358. The molecule has 0 bridgehead atoms. The molecule has 1 N–H and O–H groups in total. The first kappa shape index (κ1) is 22.1. The van der Waals surface area contributed by atoms with Crippen molar-refractivity contribution in [2.45, 2.75) is 69.6 Å². The topological polar surface area (TPSA) is 51.7 Å². The van der Waals surface area contributed by atoms with Gasteiger partial charge >= 0.3 is 0 Å². The molecule has 6 rings (SSSR count). The molecule has 1 aromatic carbocycles. The van der Waals surface area contributed by atoms with E-state index in [2.05, 4.69) is 57.4 Å². The Hall–Kier alpha value is -2.44. The van der Waals surface area contributed by atoms with Gasteiger partial charge < -0.3 is 15.1 Å². The first-order chi connectivity index (χ1) is 16.7. The summed E-state index contributed by atoms with van der Waals surface area (Å²) >= 11 is 0. The number of carbonyl (C=O) groups is 1. The van der Waals surface area contributed by atoms with E-state index in [0.717, 1.165) is 64.8 Å². The fraction of sp³-hybridized carbons (Fsp3) is 0.571. The minimum absolute atomic E-state index is 0.358. The standard InChI is InChI=1S/C28H37N5O/c1-31(26-11-2-6-20-8-5-13-29-28(20)26)18-22-16-24-21(17-30-22)7-3-10-25(24)32-14-15-33-23(19-32)9-4-12-27(33)34/h3,5,7-8,10,13,22-23,26,30H,2,4,6,9,11-12,14-19H2,1H3/t22-,23-,26?/m1/s1. The van der Waals surface area contributed by atoms with E-state index in [-0.39, 0.29) is 0 Å². The quantitative estimate of drug-likeness (QED) is 0.760. The summed E-state index contributed by atoms with van der Waals surface area (Å²) in [6.07, 6.45) is 9.52. The van der Waals surface area contributed by atoms with Gasteiger partial charge in [-0.05, 0) is 74.4 Å². The maximum Gasteiger partial charge on any atom is 0.222 e. The fourth-order valence-electron chi connectivity index (χ4n) is 6.79. The molecular formula is C28H37N5O.